The van der Waals surface area contributed by atoms with Crippen molar-refractivity contribution < 1.29 is 4.79 Å². The van der Waals surface area contributed by atoms with E-state index in [4.69, 9.17) is 0 Å². The molecule has 3 nitrogen and oxygen atoms in total. The monoisotopic (exact) mass is 256 g/mol. The number of amides is 1. The van der Waals surface area contributed by atoms with Crippen molar-refractivity contribution in [1.29, 1.82) is 0 Å². The molecule has 1 aromatic rings. The highest BCUT2D eigenvalue weighted by Gasteiger charge is 2.45. The average Bonchev–Trinajstić information content (AvgIpc) is 3.07. The maximum absolute atomic E-state index is 11.9. The molecule has 3 heteroatoms. The SMILES string of the molecule is CNCC1(c2cc3c4c(c2)CCN4C(=O)CC3)CC1. The van der Waals surface area contributed by atoms with E-state index >= 15 is 0 Å². The largest absolute Gasteiger partial charge is 0.319 e. The fraction of sp³-hybridized carbons (Fsp3) is 0.562. The van der Waals surface area contributed by atoms with Gasteiger partial charge in [-0.2, -0.15) is 0 Å². The molecule has 3 aliphatic rings. The number of nitrogens with one attached hydrogen (secondary N) is 1. The predicted octanol–water partition coefficient (Wildman–Crippen LogP) is 1.77. The molecule has 0 atom stereocenters. The second-order valence-electron chi connectivity index (χ2n) is 6.25. The van der Waals surface area contributed by atoms with Crippen molar-refractivity contribution in [3.63, 3.8) is 0 Å². The molecule has 2 aliphatic heterocycles. The summed E-state index contributed by atoms with van der Waals surface area (Å²) in [5, 5.41) is 3.34. The van der Waals surface area contributed by atoms with Gasteiger partial charge in [0.05, 0.1) is 5.69 Å². The summed E-state index contributed by atoms with van der Waals surface area (Å²) in [7, 11) is 2.04. The molecule has 1 aliphatic carbocycles. The lowest BCUT2D eigenvalue weighted by atomic mass is 9.89. The second kappa shape index (κ2) is 3.83. The normalized spacial score (nSPS) is 22.6. The number of aryl methyl sites for hydroxylation is 1. The molecule has 1 aromatic carbocycles. The number of carbonyl (C=O) groups excluding carboxylic acids is 1. The standard InChI is InChI=1S/C16H20N2O/c1-17-10-16(5-6-16)13-8-11-2-3-14(19)18-7-4-12(9-13)15(11)18/h8-9,17H,2-7,10H2,1H3. The molecule has 19 heavy (non-hydrogen) atoms. The first kappa shape index (κ1) is 11.5. The van der Waals surface area contributed by atoms with Crippen LogP contribution < -0.4 is 10.2 Å². The number of benzene rings is 1. The Morgan fingerprint density at radius 2 is 1.95 bits per heavy atom. The number of hydrogen-bond donors (Lipinski definition) is 1. The third-order valence-corrected chi connectivity index (χ3v) is 5.03. The Balaban J connectivity index is 1.80. The zero-order valence-corrected chi connectivity index (χ0v) is 11.5. The summed E-state index contributed by atoms with van der Waals surface area (Å²) in [5.41, 5.74) is 5.96. The van der Waals surface area contributed by atoms with E-state index in [1.807, 2.05) is 11.9 Å². The second-order valence-corrected chi connectivity index (χ2v) is 6.25. The Bertz CT molecular complexity index is 560. The number of hydrogen-bond acceptors (Lipinski definition) is 2. The molecule has 0 radical (unpaired) electrons. The number of nitrogens with zero attached hydrogens (tertiary/aromatic N) is 1. The number of anilines is 1. The average molecular weight is 256 g/mol. The summed E-state index contributed by atoms with van der Waals surface area (Å²) >= 11 is 0. The molecule has 4 rings (SSSR count). The van der Waals surface area contributed by atoms with Crippen LogP contribution in [0.4, 0.5) is 5.69 Å². The van der Waals surface area contributed by atoms with Gasteiger partial charge in [-0.15, -0.1) is 0 Å². The van der Waals surface area contributed by atoms with Crippen molar-refractivity contribution in [3.05, 3.63) is 28.8 Å². The van der Waals surface area contributed by atoms with Gasteiger partial charge in [-0.1, -0.05) is 12.1 Å². The van der Waals surface area contributed by atoms with Crippen LogP contribution >= 0.6 is 0 Å². The fourth-order valence-electron chi connectivity index (χ4n) is 3.82. The van der Waals surface area contributed by atoms with Crippen LogP contribution in [0.2, 0.25) is 0 Å². The first-order valence-electron chi connectivity index (χ1n) is 7.35. The lowest BCUT2D eigenvalue weighted by Gasteiger charge is -2.27. The Morgan fingerprint density at radius 1 is 1.21 bits per heavy atom. The van der Waals surface area contributed by atoms with Crippen molar-refractivity contribution in [2.75, 3.05) is 25.0 Å². The molecule has 0 spiro atoms. The molecule has 1 N–H and O–H groups in total. The van der Waals surface area contributed by atoms with Crippen molar-refractivity contribution in [2.45, 2.75) is 37.5 Å². The van der Waals surface area contributed by atoms with Crippen LogP contribution in [-0.2, 0) is 23.1 Å². The molecule has 0 aromatic heterocycles. The number of rotatable bonds is 3. The maximum Gasteiger partial charge on any atom is 0.227 e. The summed E-state index contributed by atoms with van der Waals surface area (Å²) < 4.78 is 0. The van der Waals surface area contributed by atoms with Crippen molar-refractivity contribution in [3.8, 4) is 0 Å². The molecule has 0 bridgehead atoms. The molecular formula is C16H20N2O. The minimum absolute atomic E-state index is 0.315. The Hall–Kier alpha value is -1.35. The van der Waals surface area contributed by atoms with Gasteiger partial charge in [-0.05, 0) is 49.4 Å². The van der Waals surface area contributed by atoms with Crippen molar-refractivity contribution in [1.82, 2.24) is 5.32 Å². The van der Waals surface area contributed by atoms with E-state index in [2.05, 4.69) is 17.4 Å². The summed E-state index contributed by atoms with van der Waals surface area (Å²) in [5.74, 6) is 0.315. The fourth-order valence-corrected chi connectivity index (χ4v) is 3.82. The molecule has 1 fully saturated rings. The minimum atomic E-state index is 0.315. The first-order chi connectivity index (χ1) is 9.23. The van der Waals surface area contributed by atoms with E-state index in [-0.39, 0.29) is 0 Å². The highest BCUT2D eigenvalue weighted by Crippen LogP contribution is 2.50. The van der Waals surface area contributed by atoms with Crippen molar-refractivity contribution in [2.24, 2.45) is 0 Å². The van der Waals surface area contributed by atoms with E-state index in [1.54, 1.807) is 0 Å². The van der Waals surface area contributed by atoms with Crippen LogP contribution in [0.1, 0.15) is 36.0 Å². The third kappa shape index (κ3) is 1.57. The van der Waals surface area contributed by atoms with Crippen LogP contribution in [0.15, 0.2) is 12.1 Å². The Kier molecular flexibility index (Phi) is 2.31. The van der Waals surface area contributed by atoms with E-state index in [0.717, 1.165) is 25.9 Å². The van der Waals surface area contributed by atoms with Gasteiger partial charge in [0.2, 0.25) is 5.91 Å². The molecule has 100 valence electrons. The van der Waals surface area contributed by atoms with Crippen LogP contribution in [0, 0.1) is 0 Å². The van der Waals surface area contributed by atoms with Gasteiger partial charge < -0.3 is 10.2 Å². The zero-order chi connectivity index (χ0) is 13.0. The van der Waals surface area contributed by atoms with E-state index in [9.17, 15) is 4.79 Å². The first-order valence-corrected chi connectivity index (χ1v) is 7.35. The van der Waals surface area contributed by atoms with Gasteiger partial charge in [-0.25, -0.2) is 0 Å². The predicted molar refractivity (Wildman–Crippen MR) is 75.7 cm³/mol. The van der Waals surface area contributed by atoms with Crippen LogP contribution in [-0.4, -0.2) is 26.0 Å². The molecule has 0 saturated heterocycles. The van der Waals surface area contributed by atoms with Crippen LogP contribution in [0.3, 0.4) is 0 Å². The van der Waals surface area contributed by atoms with Gasteiger partial charge in [-0.3, -0.25) is 4.79 Å². The summed E-state index contributed by atoms with van der Waals surface area (Å²) in [6.45, 7) is 1.97. The van der Waals surface area contributed by atoms with Crippen LogP contribution in [0.5, 0.6) is 0 Å². The van der Waals surface area contributed by atoms with Gasteiger partial charge >= 0.3 is 0 Å². The Labute approximate surface area is 114 Å². The van der Waals surface area contributed by atoms with Gasteiger partial charge in [0, 0.05) is 24.9 Å². The highest BCUT2D eigenvalue weighted by atomic mass is 16.2. The molecular weight excluding hydrogens is 236 g/mol. The zero-order valence-electron chi connectivity index (χ0n) is 11.5. The third-order valence-electron chi connectivity index (χ3n) is 5.03. The summed E-state index contributed by atoms with van der Waals surface area (Å²) in [4.78, 5) is 13.9. The van der Waals surface area contributed by atoms with E-state index in [0.29, 0.717) is 17.7 Å². The maximum atomic E-state index is 11.9. The summed E-state index contributed by atoms with van der Waals surface area (Å²) in [6, 6.07) is 4.76. The topological polar surface area (TPSA) is 32.3 Å². The molecule has 1 amide bonds. The quantitative estimate of drug-likeness (QED) is 0.894. The smallest absolute Gasteiger partial charge is 0.227 e. The van der Waals surface area contributed by atoms with Gasteiger partial charge in [0.25, 0.3) is 0 Å². The van der Waals surface area contributed by atoms with Crippen LogP contribution in [0.25, 0.3) is 0 Å². The van der Waals surface area contributed by atoms with E-state index in [1.165, 1.54) is 35.2 Å². The number of likely N-dealkylation sites (N-methyl/N-ethyl adjacent to an activating group) is 1. The molecule has 0 unspecified atom stereocenters. The number of carbonyl (C=O) groups is 1. The lowest BCUT2D eigenvalue weighted by molar-refractivity contribution is -0.118. The minimum Gasteiger partial charge on any atom is -0.319 e. The summed E-state index contributed by atoms with van der Waals surface area (Å²) in [6.07, 6.45) is 5.26. The molecule has 2 heterocycles. The van der Waals surface area contributed by atoms with Gasteiger partial charge in [0.1, 0.15) is 0 Å². The Morgan fingerprint density at radius 3 is 2.63 bits per heavy atom. The molecule has 1 saturated carbocycles. The van der Waals surface area contributed by atoms with Crippen molar-refractivity contribution >= 4 is 11.6 Å². The lowest BCUT2D eigenvalue weighted by Crippen LogP contribution is -2.33. The highest BCUT2D eigenvalue weighted by molar-refractivity contribution is 5.98. The van der Waals surface area contributed by atoms with Gasteiger partial charge in [0.15, 0.2) is 0 Å². The van der Waals surface area contributed by atoms with E-state index < -0.39 is 0 Å².